The number of amides is 2. The van der Waals surface area contributed by atoms with E-state index in [-0.39, 0.29) is 12.8 Å². The van der Waals surface area contributed by atoms with Gasteiger partial charge < -0.3 is 14.8 Å². The number of imide groups is 1. The van der Waals surface area contributed by atoms with Crippen LogP contribution in [-0.4, -0.2) is 42.9 Å². The number of methoxy groups -OCH3 is 1. The molecule has 7 heteroatoms. The quantitative estimate of drug-likeness (QED) is 0.438. The number of nitrogens with zero attached hydrogens (tertiary/aromatic N) is 1. The van der Waals surface area contributed by atoms with Crippen molar-refractivity contribution in [2.45, 2.75) is 13.2 Å². The first-order valence-corrected chi connectivity index (χ1v) is 8.84. The number of para-hydroxylation sites is 1. The van der Waals surface area contributed by atoms with Gasteiger partial charge in [0, 0.05) is 18.9 Å². The fourth-order valence-corrected chi connectivity index (χ4v) is 2.86. The highest BCUT2D eigenvalue weighted by Gasteiger charge is 2.21. The molecule has 6 nitrogen and oxygen atoms in total. The second-order valence-electron chi connectivity index (χ2n) is 5.34. The molecule has 1 N–H and O–H groups in total. The second-order valence-corrected chi connectivity index (χ2v) is 6.29. The SMILES string of the molecule is COC(C)Nc1ccccc1/C=C/C(=O)N(CC=O)C(=O)c1cccs1. The van der Waals surface area contributed by atoms with Crippen LogP contribution in [0.1, 0.15) is 22.2 Å². The first-order valence-electron chi connectivity index (χ1n) is 7.96. The molecule has 2 rings (SSSR count). The first-order chi connectivity index (χ1) is 12.6. The van der Waals surface area contributed by atoms with E-state index in [9.17, 15) is 14.4 Å². The number of anilines is 1. The summed E-state index contributed by atoms with van der Waals surface area (Å²) >= 11 is 1.22. The van der Waals surface area contributed by atoms with Crippen molar-refractivity contribution in [3.63, 3.8) is 0 Å². The van der Waals surface area contributed by atoms with Gasteiger partial charge in [0.25, 0.3) is 11.8 Å². The van der Waals surface area contributed by atoms with Gasteiger partial charge in [0.1, 0.15) is 12.5 Å². The monoisotopic (exact) mass is 372 g/mol. The van der Waals surface area contributed by atoms with Gasteiger partial charge in [-0.2, -0.15) is 0 Å². The van der Waals surface area contributed by atoms with Crippen LogP contribution in [0, 0.1) is 0 Å². The maximum atomic E-state index is 12.5. The Labute approximate surface area is 156 Å². The summed E-state index contributed by atoms with van der Waals surface area (Å²) in [5.41, 5.74) is 1.55. The van der Waals surface area contributed by atoms with Crippen molar-refractivity contribution >= 4 is 41.2 Å². The van der Waals surface area contributed by atoms with Gasteiger partial charge in [-0.25, -0.2) is 0 Å². The van der Waals surface area contributed by atoms with E-state index in [1.807, 2.05) is 31.2 Å². The van der Waals surface area contributed by atoms with Crippen molar-refractivity contribution in [1.82, 2.24) is 4.90 Å². The van der Waals surface area contributed by atoms with E-state index in [0.29, 0.717) is 11.2 Å². The van der Waals surface area contributed by atoms with Crippen LogP contribution in [0.25, 0.3) is 6.08 Å². The van der Waals surface area contributed by atoms with Crippen molar-refractivity contribution in [2.24, 2.45) is 0 Å². The van der Waals surface area contributed by atoms with Gasteiger partial charge in [-0.15, -0.1) is 11.3 Å². The van der Waals surface area contributed by atoms with E-state index < -0.39 is 11.8 Å². The van der Waals surface area contributed by atoms with Crippen molar-refractivity contribution < 1.29 is 19.1 Å². The molecule has 26 heavy (non-hydrogen) atoms. The highest BCUT2D eigenvalue weighted by atomic mass is 32.1. The summed E-state index contributed by atoms with van der Waals surface area (Å²) in [4.78, 5) is 37.1. The zero-order chi connectivity index (χ0) is 18.9. The van der Waals surface area contributed by atoms with Gasteiger partial charge in [-0.3, -0.25) is 14.5 Å². The van der Waals surface area contributed by atoms with Crippen LogP contribution in [0.5, 0.6) is 0 Å². The van der Waals surface area contributed by atoms with Crippen molar-refractivity contribution in [1.29, 1.82) is 0 Å². The average molecular weight is 372 g/mol. The Hall–Kier alpha value is -2.77. The second kappa shape index (κ2) is 9.65. The predicted octanol–water partition coefficient (Wildman–Crippen LogP) is 3.03. The third kappa shape index (κ3) is 5.11. The zero-order valence-corrected chi connectivity index (χ0v) is 15.4. The van der Waals surface area contributed by atoms with Gasteiger partial charge in [0.15, 0.2) is 0 Å². The Morgan fingerprint density at radius 2 is 2.04 bits per heavy atom. The van der Waals surface area contributed by atoms with E-state index in [2.05, 4.69) is 5.32 Å². The van der Waals surface area contributed by atoms with Crippen LogP contribution in [0.2, 0.25) is 0 Å². The number of rotatable bonds is 8. The Bertz CT molecular complexity index is 787. The molecule has 0 spiro atoms. The molecule has 1 aromatic heterocycles. The maximum Gasteiger partial charge on any atom is 0.271 e. The molecule has 0 aliphatic rings. The van der Waals surface area contributed by atoms with Crippen molar-refractivity contribution in [3.8, 4) is 0 Å². The fourth-order valence-electron chi connectivity index (χ4n) is 2.18. The minimum absolute atomic E-state index is 0.202. The topological polar surface area (TPSA) is 75.7 Å². The summed E-state index contributed by atoms with van der Waals surface area (Å²) in [5.74, 6) is -1.04. The highest BCUT2D eigenvalue weighted by Crippen LogP contribution is 2.18. The van der Waals surface area contributed by atoms with Crippen LogP contribution in [0.4, 0.5) is 5.69 Å². The number of hydrogen-bond donors (Lipinski definition) is 1. The minimum atomic E-state index is -0.551. The number of hydrogen-bond acceptors (Lipinski definition) is 6. The Morgan fingerprint density at radius 1 is 1.27 bits per heavy atom. The predicted molar refractivity (Wildman–Crippen MR) is 102 cm³/mol. The lowest BCUT2D eigenvalue weighted by atomic mass is 10.1. The van der Waals surface area contributed by atoms with Crippen LogP contribution in [0.15, 0.2) is 47.9 Å². The normalized spacial score (nSPS) is 11.9. The molecule has 0 aliphatic heterocycles. The smallest absolute Gasteiger partial charge is 0.271 e. The van der Waals surface area contributed by atoms with Gasteiger partial charge in [-0.1, -0.05) is 24.3 Å². The largest absolute Gasteiger partial charge is 0.362 e. The number of ether oxygens (including phenoxy) is 1. The molecule has 0 fully saturated rings. The third-order valence-electron chi connectivity index (χ3n) is 3.58. The molecule has 1 unspecified atom stereocenters. The number of aldehydes is 1. The standard InChI is InChI=1S/C19H20N2O4S/c1-14(25-2)20-16-7-4-3-6-15(16)9-10-18(23)21(11-12-22)19(24)17-8-5-13-26-17/h3-10,12-14,20H,11H2,1-2H3/b10-9+. The minimum Gasteiger partial charge on any atom is -0.362 e. The van der Waals surface area contributed by atoms with Gasteiger partial charge in [-0.05, 0) is 36.1 Å². The van der Waals surface area contributed by atoms with E-state index in [1.165, 1.54) is 17.4 Å². The lowest BCUT2D eigenvalue weighted by Gasteiger charge is -2.16. The van der Waals surface area contributed by atoms with Crippen LogP contribution < -0.4 is 5.32 Å². The van der Waals surface area contributed by atoms with Crippen LogP contribution >= 0.6 is 11.3 Å². The molecular weight excluding hydrogens is 352 g/mol. The summed E-state index contributed by atoms with van der Waals surface area (Å²) in [6.07, 6.45) is 3.22. The molecule has 0 radical (unpaired) electrons. The van der Waals surface area contributed by atoms with Crippen molar-refractivity contribution in [3.05, 3.63) is 58.3 Å². The molecule has 0 bridgehead atoms. The number of carbonyl (C=O) groups is 3. The van der Waals surface area contributed by atoms with Gasteiger partial charge >= 0.3 is 0 Å². The summed E-state index contributed by atoms with van der Waals surface area (Å²) in [7, 11) is 1.59. The van der Waals surface area contributed by atoms with E-state index in [4.69, 9.17) is 4.74 Å². The van der Waals surface area contributed by atoms with Crippen LogP contribution in [-0.2, 0) is 14.3 Å². The maximum absolute atomic E-state index is 12.5. The summed E-state index contributed by atoms with van der Waals surface area (Å²) in [6.45, 7) is 1.57. The summed E-state index contributed by atoms with van der Waals surface area (Å²) in [5, 5.41) is 4.91. The van der Waals surface area contributed by atoms with E-state index >= 15 is 0 Å². The van der Waals surface area contributed by atoms with Gasteiger partial charge in [0.05, 0.1) is 11.4 Å². The lowest BCUT2D eigenvalue weighted by molar-refractivity contribution is -0.125. The number of thiophene rings is 1. The summed E-state index contributed by atoms with van der Waals surface area (Å²) < 4.78 is 5.18. The molecule has 1 atom stereocenters. The Morgan fingerprint density at radius 3 is 2.69 bits per heavy atom. The number of benzene rings is 1. The lowest BCUT2D eigenvalue weighted by Crippen LogP contribution is -2.36. The summed E-state index contributed by atoms with van der Waals surface area (Å²) in [6, 6.07) is 10.7. The highest BCUT2D eigenvalue weighted by molar-refractivity contribution is 7.12. The Balaban J connectivity index is 2.19. The molecule has 136 valence electrons. The fraction of sp³-hybridized carbons (Fsp3) is 0.211. The van der Waals surface area contributed by atoms with Crippen molar-refractivity contribution in [2.75, 3.05) is 19.0 Å². The molecule has 0 aliphatic carbocycles. The molecule has 2 aromatic rings. The number of nitrogens with one attached hydrogen (secondary N) is 1. The van der Waals surface area contributed by atoms with E-state index in [1.54, 1.807) is 30.7 Å². The average Bonchev–Trinajstić information content (AvgIpc) is 3.19. The van der Waals surface area contributed by atoms with Gasteiger partial charge in [0.2, 0.25) is 0 Å². The Kier molecular flexibility index (Phi) is 7.25. The molecule has 0 saturated heterocycles. The molecule has 1 aromatic carbocycles. The third-order valence-corrected chi connectivity index (χ3v) is 4.44. The zero-order valence-electron chi connectivity index (χ0n) is 14.5. The number of carbonyl (C=O) groups excluding carboxylic acids is 3. The first kappa shape index (κ1) is 19.6. The molecular formula is C19H20N2O4S. The molecule has 1 heterocycles. The van der Waals surface area contributed by atoms with Crippen LogP contribution in [0.3, 0.4) is 0 Å². The molecule has 2 amide bonds. The van der Waals surface area contributed by atoms with E-state index in [0.717, 1.165) is 16.2 Å². The molecule has 0 saturated carbocycles.